The van der Waals surface area contributed by atoms with Crippen LogP contribution in [0.3, 0.4) is 0 Å². The summed E-state index contributed by atoms with van der Waals surface area (Å²) in [6.45, 7) is 0. The second-order valence-corrected chi connectivity index (χ2v) is 5.31. The van der Waals surface area contributed by atoms with Crippen molar-refractivity contribution in [3.63, 3.8) is 0 Å². The van der Waals surface area contributed by atoms with Gasteiger partial charge in [0.1, 0.15) is 0 Å². The number of hydrogen-bond acceptors (Lipinski definition) is 1. The van der Waals surface area contributed by atoms with Crippen molar-refractivity contribution in [3.8, 4) is 0 Å². The topological polar surface area (TPSA) is 12.0 Å². The van der Waals surface area contributed by atoms with Crippen LogP contribution in [0.4, 0.5) is 13.2 Å². The molecule has 0 heterocycles. The molecule has 0 amide bonds. The summed E-state index contributed by atoms with van der Waals surface area (Å²) in [6.07, 6.45) is -4.33. The summed E-state index contributed by atoms with van der Waals surface area (Å²) in [5, 5.41) is 3.05. The predicted molar refractivity (Wildman–Crippen MR) is 76.5 cm³/mol. The zero-order valence-corrected chi connectivity index (χ0v) is 12.3. The van der Waals surface area contributed by atoms with Gasteiger partial charge in [0.05, 0.1) is 11.6 Å². The second-order valence-electron chi connectivity index (χ2n) is 4.40. The van der Waals surface area contributed by atoms with Crippen molar-refractivity contribution < 1.29 is 13.2 Å². The largest absolute Gasteiger partial charge is 0.416 e. The van der Waals surface area contributed by atoms with Crippen molar-refractivity contribution in [2.75, 3.05) is 7.05 Å². The molecule has 1 atom stereocenters. The number of benzene rings is 2. The molecule has 0 fully saturated rings. The van der Waals surface area contributed by atoms with Crippen LogP contribution < -0.4 is 5.32 Å². The maximum Gasteiger partial charge on any atom is 0.416 e. The van der Waals surface area contributed by atoms with Crippen LogP contribution >= 0.6 is 15.9 Å². The summed E-state index contributed by atoms with van der Waals surface area (Å²) in [5.74, 6) is 0. The van der Waals surface area contributed by atoms with E-state index in [1.165, 1.54) is 12.1 Å². The SMILES string of the molecule is CNC(c1ccc(Br)cc1)c1cccc(C(F)(F)F)c1. The van der Waals surface area contributed by atoms with Crippen molar-refractivity contribution in [1.82, 2.24) is 5.32 Å². The van der Waals surface area contributed by atoms with Crippen LogP contribution in [0.15, 0.2) is 53.0 Å². The van der Waals surface area contributed by atoms with E-state index in [4.69, 9.17) is 0 Å². The molecule has 0 aromatic heterocycles. The molecule has 2 rings (SSSR count). The minimum Gasteiger partial charge on any atom is -0.309 e. The van der Waals surface area contributed by atoms with Gasteiger partial charge in [-0.1, -0.05) is 40.2 Å². The molecule has 0 radical (unpaired) electrons. The molecule has 0 bridgehead atoms. The highest BCUT2D eigenvalue weighted by molar-refractivity contribution is 9.10. The molecule has 20 heavy (non-hydrogen) atoms. The van der Waals surface area contributed by atoms with Crippen LogP contribution in [0, 0.1) is 0 Å². The molecule has 0 aliphatic heterocycles. The van der Waals surface area contributed by atoms with Gasteiger partial charge in [-0.15, -0.1) is 0 Å². The van der Waals surface area contributed by atoms with E-state index >= 15 is 0 Å². The van der Waals surface area contributed by atoms with E-state index in [2.05, 4.69) is 21.2 Å². The first-order chi connectivity index (χ1) is 9.41. The normalized spacial score (nSPS) is 13.2. The van der Waals surface area contributed by atoms with Gasteiger partial charge in [-0.2, -0.15) is 13.2 Å². The zero-order chi connectivity index (χ0) is 14.8. The lowest BCUT2D eigenvalue weighted by molar-refractivity contribution is -0.137. The van der Waals surface area contributed by atoms with Gasteiger partial charge in [-0.05, 0) is 42.4 Å². The third kappa shape index (κ3) is 3.41. The highest BCUT2D eigenvalue weighted by Gasteiger charge is 2.31. The average Bonchev–Trinajstić information content (AvgIpc) is 2.41. The molecule has 0 spiro atoms. The Labute approximate surface area is 123 Å². The predicted octanol–water partition coefficient (Wildman–Crippen LogP) is 4.78. The summed E-state index contributed by atoms with van der Waals surface area (Å²) in [5.41, 5.74) is 0.868. The van der Waals surface area contributed by atoms with Crippen LogP contribution in [0.25, 0.3) is 0 Å². The Balaban J connectivity index is 2.39. The average molecular weight is 344 g/mol. The van der Waals surface area contributed by atoms with Gasteiger partial charge < -0.3 is 5.32 Å². The summed E-state index contributed by atoms with van der Waals surface area (Å²) in [4.78, 5) is 0. The van der Waals surface area contributed by atoms with Gasteiger partial charge in [-0.25, -0.2) is 0 Å². The van der Waals surface area contributed by atoms with Crippen LogP contribution in [0.2, 0.25) is 0 Å². The first-order valence-corrected chi connectivity index (χ1v) is 6.81. The minimum absolute atomic E-state index is 0.273. The molecular formula is C15H13BrF3N. The summed E-state index contributed by atoms with van der Waals surface area (Å²) < 4.78 is 39.2. The molecule has 106 valence electrons. The van der Waals surface area contributed by atoms with Crippen molar-refractivity contribution in [1.29, 1.82) is 0 Å². The molecular weight excluding hydrogens is 331 g/mol. The Kier molecular flexibility index (Phi) is 4.50. The molecule has 0 saturated carbocycles. The smallest absolute Gasteiger partial charge is 0.309 e. The van der Waals surface area contributed by atoms with E-state index in [9.17, 15) is 13.2 Å². The van der Waals surface area contributed by atoms with Crippen molar-refractivity contribution in [2.24, 2.45) is 0 Å². The van der Waals surface area contributed by atoms with Crippen LogP contribution in [-0.4, -0.2) is 7.05 Å². The lowest BCUT2D eigenvalue weighted by Crippen LogP contribution is -2.18. The second kappa shape index (κ2) is 5.97. The van der Waals surface area contributed by atoms with E-state index in [0.717, 1.165) is 16.1 Å². The third-order valence-electron chi connectivity index (χ3n) is 3.04. The van der Waals surface area contributed by atoms with Crippen LogP contribution in [-0.2, 0) is 6.18 Å². The molecule has 0 saturated heterocycles. The lowest BCUT2D eigenvalue weighted by atomic mass is 9.97. The molecule has 2 aromatic rings. The first-order valence-electron chi connectivity index (χ1n) is 6.01. The number of nitrogens with one attached hydrogen (secondary N) is 1. The van der Waals surface area contributed by atoms with E-state index in [1.807, 2.05) is 24.3 Å². The third-order valence-corrected chi connectivity index (χ3v) is 3.57. The summed E-state index contributed by atoms with van der Waals surface area (Å²) in [6, 6.07) is 12.6. The molecule has 1 unspecified atom stereocenters. The number of alkyl halides is 3. The Bertz CT molecular complexity index is 578. The quantitative estimate of drug-likeness (QED) is 0.845. The molecule has 2 aromatic carbocycles. The Morgan fingerprint density at radius 2 is 1.65 bits per heavy atom. The Morgan fingerprint density at radius 1 is 1.00 bits per heavy atom. The molecule has 0 aliphatic rings. The summed E-state index contributed by atoms with van der Waals surface area (Å²) in [7, 11) is 1.73. The van der Waals surface area contributed by atoms with E-state index < -0.39 is 11.7 Å². The number of hydrogen-bond donors (Lipinski definition) is 1. The fraction of sp³-hybridized carbons (Fsp3) is 0.200. The monoisotopic (exact) mass is 343 g/mol. The van der Waals surface area contributed by atoms with Crippen molar-refractivity contribution in [3.05, 3.63) is 69.7 Å². The summed E-state index contributed by atoms with van der Waals surface area (Å²) >= 11 is 3.34. The highest BCUT2D eigenvalue weighted by atomic mass is 79.9. The zero-order valence-electron chi connectivity index (χ0n) is 10.7. The first kappa shape index (κ1) is 15.1. The molecule has 5 heteroatoms. The standard InChI is InChI=1S/C15H13BrF3N/c1-20-14(10-5-7-13(16)8-6-10)11-3-2-4-12(9-11)15(17,18)19/h2-9,14,20H,1H3. The van der Waals surface area contributed by atoms with Gasteiger partial charge in [0.15, 0.2) is 0 Å². The molecule has 1 N–H and O–H groups in total. The van der Waals surface area contributed by atoms with Gasteiger partial charge >= 0.3 is 6.18 Å². The lowest BCUT2D eigenvalue weighted by Gasteiger charge is -2.19. The van der Waals surface area contributed by atoms with Crippen LogP contribution in [0.5, 0.6) is 0 Å². The Morgan fingerprint density at radius 3 is 2.20 bits per heavy atom. The highest BCUT2D eigenvalue weighted by Crippen LogP contribution is 2.32. The van der Waals surface area contributed by atoms with E-state index in [1.54, 1.807) is 13.1 Å². The van der Waals surface area contributed by atoms with E-state index in [0.29, 0.717) is 5.56 Å². The van der Waals surface area contributed by atoms with Gasteiger partial charge in [-0.3, -0.25) is 0 Å². The van der Waals surface area contributed by atoms with Crippen molar-refractivity contribution >= 4 is 15.9 Å². The van der Waals surface area contributed by atoms with Gasteiger partial charge in [0.25, 0.3) is 0 Å². The number of rotatable bonds is 3. The maximum atomic E-state index is 12.8. The van der Waals surface area contributed by atoms with Crippen molar-refractivity contribution in [2.45, 2.75) is 12.2 Å². The fourth-order valence-electron chi connectivity index (χ4n) is 2.08. The molecule has 0 aliphatic carbocycles. The Hall–Kier alpha value is -1.33. The number of halogens is 4. The minimum atomic E-state index is -4.33. The fourth-order valence-corrected chi connectivity index (χ4v) is 2.34. The maximum absolute atomic E-state index is 12.8. The van der Waals surface area contributed by atoms with Gasteiger partial charge in [0.2, 0.25) is 0 Å². The van der Waals surface area contributed by atoms with Crippen LogP contribution in [0.1, 0.15) is 22.7 Å². The van der Waals surface area contributed by atoms with Gasteiger partial charge in [0, 0.05) is 4.47 Å². The van der Waals surface area contributed by atoms with E-state index in [-0.39, 0.29) is 6.04 Å². The molecule has 1 nitrogen and oxygen atoms in total.